The van der Waals surface area contributed by atoms with Crippen LogP contribution in [-0.2, 0) is 19.1 Å². The van der Waals surface area contributed by atoms with Crippen molar-refractivity contribution in [3.05, 3.63) is 0 Å². The molecule has 0 aromatic carbocycles. The highest BCUT2D eigenvalue weighted by atomic mass is 31.0. The van der Waals surface area contributed by atoms with Crippen molar-refractivity contribution in [1.82, 2.24) is 0 Å². The number of hydrogen-bond acceptors (Lipinski definition) is 5. The lowest BCUT2D eigenvalue weighted by molar-refractivity contribution is -0.150. The molecule has 0 aliphatic carbocycles. The summed E-state index contributed by atoms with van der Waals surface area (Å²) >= 11 is 0. The number of hydrogen-bond donors (Lipinski definition) is 1. The Balaban J connectivity index is 3.94. The van der Waals surface area contributed by atoms with E-state index >= 15 is 0 Å². The van der Waals surface area contributed by atoms with Gasteiger partial charge in [-0.3, -0.25) is 9.59 Å². The van der Waals surface area contributed by atoms with Crippen molar-refractivity contribution < 1.29 is 24.2 Å². The molecule has 1 N–H and O–H groups in total. The fraction of sp³-hybridized carbons (Fsp3) is 0.955. The van der Waals surface area contributed by atoms with Crippen molar-refractivity contribution >= 4 is 21.2 Å². The lowest BCUT2D eigenvalue weighted by atomic mass is 10.0. The van der Waals surface area contributed by atoms with E-state index in [2.05, 4.69) is 30.0 Å². The van der Waals surface area contributed by atoms with Crippen LogP contribution in [0.2, 0.25) is 0 Å². The standard InChI is InChI=1S/C44H87O5P/c1-4-7-10-21-28-35-41(36-29-23-18-14-16-20-25-31-38-43(47)49-44(50)39-32-12-9-6-3)48-42(46)37-30-24-19-15-13-17-22-27-34-40(45)33-26-11-8-5-2/h40-41,44-45H,4-39,50H2,1-3H3. The predicted molar refractivity (Wildman–Crippen MR) is 219 cm³/mol. The third-order valence-corrected chi connectivity index (χ3v) is 10.7. The monoisotopic (exact) mass is 727 g/mol. The van der Waals surface area contributed by atoms with Crippen LogP contribution in [0.3, 0.4) is 0 Å². The molecule has 4 unspecified atom stereocenters. The molecule has 4 atom stereocenters. The first-order chi connectivity index (χ1) is 24.4. The highest BCUT2D eigenvalue weighted by Gasteiger charge is 2.14. The zero-order valence-electron chi connectivity index (χ0n) is 33.8. The number of ether oxygens (including phenoxy) is 2. The van der Waals surface area contributed by atoms with Crippen LogP contribution in [0.15, 0.2) is 0 Å². The number of aliphatic hydroxyl groups excluding tert-OH is 1. The van der Waals surface area contributed by atoms with Crippen molar-refractivity contribution in [3.63, 3.8) is 0 Å². The minimum Gasteiger partial charge on any atom is -0.462 e. The van der Waals surface area contributed by atoms with Crippen molar-refractivity contribution in [1.29, 1.82) is 0 Å². The Morgan fingerprint density at radius 1 is 0.420 bits per heavy atom. The zero-order valence-corrected chi connectivity index (χ0v) is 35.0. The quantitative estimate of drug-likeness (QED) is 0.0387. The summed E-state index contributed by atoms with van der Waals surface area (Å²) in [6.07, 6.45) is 40.9. The summed E-state index contributed by atoms with van der Waals surface area (Å²) in [5.41, 5.74) is 0. The number of aliphatic hydroxyl groups is 1. The molecule has 50 heavy (non-hydrogen) atoms. The van der Waals surface area contributed by atoms with E-state index in [4.69, 9.17) is 9.47 Å². The molecule has 0 aliphatic heterocycles. The first-order valence-corrected chi connectivity index (χ1v) is 22.9. The highest BCUT2D eigenvalue weighted by Crippen LogP contribution is 2.20. The topological polar surface area (TPSA) is 72.8 Å². The summed E-state index contributed by atoms with van der Waals surface area (Å²) in [6, 6.07) is 0. The van der Waals surface area contributed by atoms with E-state index in [1.807, 2.05) is 0 Å². The zero-order chi connectivity index (χ0) is 36.8. The van der Waals surface area contributed by atoms with Crippen LogP contribution in [0.1, 0.15) is 252 Å². The predicted octanol–water partition coefficient (Wildman–Crippen LogP) is 14.1. The van der Waals surface area contributed by atoms with Crippen LogP contribution in [0.25, 0.3) is 0 Å². The summed E-state index contributed by atoms with van der Waals surface area (Å²) in [4.78, 5) is 24.8. The van der Waals surface area contributed by atoms with Crippen LogP contribution in [0.5, 0.6) is 0 Å². The normalized spacial score (nSPS) is 13.3. The molecule has 0 rings (SSSR count). The van der Waals surface area contributed by atoms with Gasteiger partial charge >= 0.3 is 11.9 Å². The fourth-order valence-corrected chi connectivity index (χ4v) is 7.29. The van der Waals surface area contributed by atoms with Crippen LogP contribution < -0.4 is 0 Å². The minimum absolute atomic E-state index is 0.0147. The van der Waals surface area contributed by atoms with E-state index in [1.54, 1.807) is 0 Å². The van der Waals surface area contributed by atoms with Gasteiger partial charge in [-0.2, -0.15) is 0 Å². The van der Waals surface area contributed by atoms with Gasteiger partial charge < -0.3 is 14.6 Å². The number of unbranched alkanes of at least 4 members (excludes halogenated alkanes) is 24. The molecule has 0 radical (unpaired) electrons. The maximum absolute atomic E-state index is 12.7. The summed E-state index contributed by atoms with van der Waals surface area (Å²) < 4.78 is 11.6. The molecule has 5 nitrogen and oxygen atoms in total. The molecule has 0 saturated carbocycles. The van der Waals surface area contributed by atoms with Crippen molar-refractivity contribution in [3.8, 4) is 0 Å². The smallest absolute Gasteiger partial charge is 0.306 e. The SMILES string of the molecule is CCCCCCCC(CCCCCCCCCCC(=O)OC(P)CCCCCC)OC(=O)CCCCCCCCCCC(O)CCCCCC. The van der Waals surface area contributed by atoms with Gasteiger partial charge in [0.15, 0.2) is 0 Å². The summed E-state index contributed by atoms with van der Waals surface area (Å²) in [7, 11) is 2.68. The van der Waals surface area contributed by atoms with Crippen LogP contribution in [-0.4, -0.2) is 35.1 Å². The average Bonchev–Trinajstić information content (AvgIpc) is 3.09. The highest BCUT2D eigenvalue weighted by molar-refractivity contribution is 7.17. The first kappa shape index (κ1) is 49.3. The van der Waals surface area contributed by atoms with Gasteiger partial charge in [0, 0.05) is 12.8 Å². The number of carbonyl (C=O) groups is 2. The molecule has 0 aliphatic rings. The van der Waals surface area contributed by atoms with E-state index in [1.165, 1.54) is 141 Å². The molecule has 0 heterocycles. The Hall–Kier alpha value is -0.670. The van der Waals surface area contributed by atoms with Gasteiger partial charge in [-0.1, -0.05) is 184 Å². The van der Waals surface area contributed by atoms with Gasteiger partial charge in [0.2, 0.25) is 0 Å². The largest absolute Gasteiger partial charge is 0.462 e. The number of esters is 2. The molecular weight excluding hydrogens is 639 g/mol. The minimum atomic E-state index is -0.0950. The van der Waals surface area contributed by atoms with E-state index in [0.717, 1.165) is 77.0 Å². The Kier molecular flexibility index (Phi) is 39.0. The van der Waals surface area contributed by atoms with Crippen LogP contribution in [0, 0.1) is 0 Å². The Labute approximate surface area is 314 Å². The molecule has 0 saturated heterocycles. The number of carbonyl (C=O) groups excluding carboxylic acids is 2. The molecule has 0 amide bonds. The van der Waals surface area contributed by atoms with E-state index in [9.17, 15) is 14.7 Å². The second-order valence-corrected chi connectivity index (χ2v) is 16.2. The second kappa shape index (κ2) is 39.5. The molecule has 6 heteroatoms. The maximum atomic E-state index is 12.7. The van der Waals surface area contributed by atoms with Gasteiger partial charge in [0.25, 0.3) is 0 Å². The average molecular weight is 727 g/mol. The molecule has 298 valence electrons. The second-order valence-electron chi connectivity index (χ2n) is 15.4. The van der Waals surface area contributed by atoms with Gasteiger partial charge in [-0.05, 0) is 64.2 Å². The number of rotatable bonds is 40. The Bertz CT molecular complexity index is 717. The molecule has 0 aromatic rings. The lowest BCUT2D eigenvalue weighted by Crippen LogP contribution is -2.18. The van der Waals surface area contributed by atoms with E-state index in [0.29, 0.717) is 12.8 Å². The summed E-state index contributed by atoms with van der Waals surface area (Å²) in [5.74, 6) is -0.0543. The third kappa shape index (κ3) is 37.1. The first-order valence-electron chi connectivity index (χ1n) is 22.2. The van der Waals surface area contributed by atoms with Crippen LogP contribution in [0.4, 0.5) is 0 Å². The fourth-order valence-electron chi connectivity index (χ4n) is 6.90. The third-order valence-electron chi connectivity index (χ3n) is 10.3. The van der Waals surface area contributed by atoms with E-state index in [-0.39, 0.29) is 30.0 Å². The van der Waals surface area contributed by atoms with Gasteiger partial charge in [0.05, 0.1) is 6.10 Å². The molecule has 0 bridgehead atoms. The summed E-state index contributed by atoms with van der Waals surface area (Å²) in [6.45, 7) is 6.69. The van der Waals surface area contributed by atoms with Crippen LogP contribution >= 0.6 is 9.24 Å². The van der Waals surface area contributed by atoms with Gasteiger partial charge in [-0.15, -0.1) is 0 Å². The molecular formula is C44H87O5P. The van der Waals surface area contributed by atoms with Gasteiger partial charge in [-0.25, -0.2) is 0 Å². The lowest BCUT2D eigenvalue weighted by Gasteiger charge is -2.18. The molecule has 0 aromatic heterocycles. The van der Waals surface area contributed by atoms with E-state index < -0.39 is 0 Å². The van der Waals surface area contributed by atoms with Crippen molar-refractivity contribution in [2.45, 2.75) is 270 Å². The van der Waals surface area contributed by atoms with Crippen molar-refractivity contribution in [2.75, 3.05) is 0 Å². The Morgan fingerprint density at radius 2 is 0.720 bits per heavy atom. The summed E-state index contributed by atoms with van der Waals surface area (Å²) in [5, 5.41) is 10.1. The molecule has 0 fully saturated rings. The Morgan fingerprint density at radius 3 is 1.14 bits per heavy atom. The van der Waals surface area contributed by atoms with Crippen molar-refractivity contribution in [2.24, 2.45) is 0 Å². The maximum Gasteiger partial charge on any atom is 0.306 e. The molecule has 0 spiro atoms. The van der Waals surface area contributed by atoms with Gasteiger partial charge in [0.1, 0.15) is 11.9 Å².